The molecular weight excluding hydrogens is 206 g/mol. The zero-order valence-corrected chi connectivity index (χ0v) is 9.33. The van der Waals surface area contributed by atoms with Gasteiger partial charge in [-0.05, 0) is 24.6 Å². The molecule has 16 heavy (non-hydrogen) atoms. The second-order valence-corrected chi connectivity index (χ2v) is 3.49. The van der Waals surface area contributed by atoms with Crippen molar-refractivity contribution in [2.75, 3.05) is 11.9 Å². The highest BCUT2D eigenvalue weighted by Gasteiger charge is 2.05. The molecule has 0 aromatic heterocycles. The molecule has 0 saturated carbocycles. The molecule has 1 aromatic carbocycles. The Bertz CT molecular complexity index is 416. The second-order valence-electron chi connectivity index (χ2n) is 3.49. The van der Waals surface area contributed by atoms with Gasteiger partial charge in [0.1, 0.15) is 18.2 Å². The van der Waals surface area contributed by atoms with Gasteiger partial charge in [-0.3, -0.25) is 10.2 Å². The van der Waals surface area contributed by atoms with Gasteiger partial charge in [0, 0.05) is 6.92 Å². The number of amidine groups is 1. The molecule has 0 heterocycles. The van der Waals surface area contributed by atoms with Gasteiger partial charge >= 0.3 is 0 Å². The molecule has 5 nitrogen and oxygen atoms in total. The highest BCUT2D eigenvalue weighted by Crippen LogP contribution is 2.25. The van der Waals surface area contributed by atoms with E-state index in [2.05, 4.69) is 5.32 Å². The van der Waals surface area contributed by atoms with E-state index in [1.54, 1.807) is 12.1 Å². The minimum absolute atomic E-state index is 0.00957. The van der Waals surface area contributed by atoms with Crippen LogP contribution < -0.4 is 15.8 Å². The van der Waals surface area contributed by atoms with Crippen molar-refractivity contribution >= 4 is 17.4 Å². The summed E-state index contributed by atoms with van der Waals surface area (Å²) in [6, 6.07) is 5.40. The first-order chi connectivity index (χ1) is 7.49. The summed E-state index contributed by atoms with van der Waals surface area (Å²) in [4.78, 5) is 11.0. The number of nitrogens with one attached hydrogen (secondary N) is 2. The summed E-state index contributed by atoms with van der Waals surface area (Å²) in [6.45, 7) is 3.35. The molecule has 5 heteroatoms. The first-order valence-electron chi connectivity index (χ1n) is 4.83. The van der Waals surface area contributed by atoms with Gasteiger partial charge in [0.15, 0.2) is 0 Å². The van der Waals surface area contributed by atoms with Gasteiger partial charge in [-0.15, -0.1) is 0 Å². The molecule has 1 amide bonds. The maximum absolute atomic E-state index is 11.0. The third-order valence-electron chi connectivity index (χ3n) is 1.83. The van der Waals surface area contributed by atoms with E-state index in [1.165, 1.54) is 6.92 Å². The molecule has 4 N–H and O–H groups in total. The number of nitrogens with two attached hydrogens (primary N) is 1. The van der Waals surface area contributed by atoms with Crippen LogP contribution in [0.1, 0.15) is 12.5 Å². The SMILES string of the molecule is CC(=O)Nc1cc(C)ccc1OCC(=N)N. The summed E-state index contributed by atoms with van der Waals surface area (Å²) >= 11 is 0. The smallest absolute Gasteiger partial charge is 0.221 e. The number of ether oxygens (including phenoxy) is 1. The van der Waals surface area contributed by atoms with E-state index in [4.69, 9.17) is 15.9 Å². The van der Waals surface area contributed by atoms with Crippen LogP contribution in [0.15, 0.2) is 18.2 Å². The molecule has 0 aliphatic heterocycles. The number of hydrogen-bond acceptors (Lipinski definition) is 3. The highest BCUT2D eigenvalue weighted by molar-refractivity contribution is 5.90. The van der Waals surface area contributed by atoms with Crippen molar-refractivity contribution in [3.8, 4) is 5.75 Å². The lowest BCUT2D eigenvalue weighted by molar-refractivity contribution is -0.114. The van der Waals surface area contributed by atoms with Crippen LogP contribution >= 0.6 is 0 Å². The van der Waals surface area contributed by atoms with E-state index in [0.29, 0.717) is 11.4 Å². The zero-order chi connectivity index (χ0) is 12.1. The van der Waals surface area contributed by atoms with Crippen LogP contribution in [0.2, 0.25) is 0 Å². The quantitative estimate of drug-likeness (QED) is 0.528. The van der Waals surface area contributed by atoms with Crippen LogP contribution in [-0.4, -0.2) is 18.3 Å². The number of rotatable bonds is 4. The predicted octanol–water partition coefficient (Wildman–Crippen LogP) is 1.27. The summed E-state index contributed by atoms with van der Waals surface area (Å²) in [6.07, 6.45) is 0. The monoisotopic (exact) mass is 221 g/mol. The van der Waals surface area contributed by atoms with Crippen molar-refractivity contribution in [3.05, 3.63) is 23.8 Å². The van der Waals surface area contributed by atoms with Crippen LogP contribution in [0.5, 0.6) is 5.75 Å². The van der Waals surface area contributed by atoms with Crippen molar-refractivity contribution in [2.24, 2.45) is 5.73 Å². The standard InChI is InChI=1S/C11H15N3O2/c1-7-3-4-10(16-6-11(12)13)9(5-7)14-8(2)15/h3-5H,6H2,1-2H3,(H3,12,13)(H,14,15). The summed E-state index contributed by atoms with van der Waals surface area (Å²) < 4.78 is 5.29. The molecule has 0 fully saturated rings. The van der Waals surface area contributed by atoms with Crippen LogP contribution in [-0.2, 0) is 4.79 Å². The summed E-state index contributed by atoms with van der Waals surface area (Å²) in [5, 5.41) is 9.73. The average Bonchev–Trinajstić information content (AvgIpc) is 2.15. The van der Waals surface area contributed by atoms with Crippen molar-refractivity contribution in [1.29, 1.82) is 5.41 Å². The fourth-order valence-electron chi connectivity index (χ4n) is 1.21. The normalized spacial score (nSPS) is 9.62. The Kier molecular flexibility index (Phi) is 3.88. The van der Waals surface area contributed by atoms with Gasteiger partial charge in [-0.2, -0.15) is 0 Å². The van der Waals surface area contributed by atoms with E-state index in [1.807, 2.05) is 13.0 Å². The van der Waals surface area contributed by atoms with Gasteiger partial charge in [-0.1, -0.05) is 6.07 Å². The molecule has 0 radical (unpaired) electrons. The highest BCUT2D eigenvalue weighted by atomic mass is 16.5. The van der Waals surface area contributed by atoms with Crippen molar-refractivity contribution in [1.82, 2.24) is 0 Å². The minimum atomic E-state index is -0.168. The Labute approximate surface area is 94.1 Å². The molecule has 0 aliphatic carbocycles. The first kappa shape index (κ1) is 12.0. The second kappa shape index (κ2) is 5.16. The third-order valence-corrected chi connectivity index (χ3v) is 1.83. The summed E-state index contributed by atoms with van der Waals surface area (Å²) in [7, 11) is 0. The molecule has 0 saturated heterocycles. The first-order valence-corrected chi connectivity index (χ1v) is 4.83. The molecule has 1 aromatic rings. The fraction of sp³-hybridized carbons (Fsp3) is 0.273. The number of carbonyl (C=O) groups is 1. The molecule has 0 unspecified atom stereocenters. The number of amides is 1. The Balaban J connectivity index is 2.88. The lowest BCUT2D eigenvalue weighted by Gasteiger charge is -2.11. The average molecular weight is 221 g/mol. The van der Waals surface area contributed by atoms with Crippen molar-refractivity contribution in [2.45, 2.75) is 13.8 Å². The Hall–Kier alpha value is -2.04. The fourth-order valence-corrected chi connectivity index (χ4v) is 1.21. The molecule has 0 aliphatic rings. The van der Waals surface area contributed by atoms with E-state index >= 15 is 0 Å². The number of aryl methyl sites for hydroxylation is 1. The Morgan fingerprint density at radius 1 is 1.56 bits per heavy atom. The zero-order valence-electron chi connectivity index (χ0n) is 9.33. The lowest BCUT2D eigenvalue weighted by atomic mass is 10.2. The lowest BCUT2D eigenvalue weighted by Crippen LogP contribution is -2.20. The van der Waals surface area contributed by atoms with E-state index in [0.717, 1.165) is 5.56 Å². The van der Waals surface area contributed by atoms with Gasteiger partial charge in [0.2, 0.25) is 5.91 Å². The molecule has 86 valence electrons. The van der Waals surface area contributed by atoms with Crippen LogP contribution in [0.4, 0.5) is 5.69 Å². The van der Waals surface area contributed by atoms with Gasteiger partial charge in [0.25, 0.3) is 0 Å². The van der Waals surface area contributed by atoms with E-state index < -0.39 is 0 Å². The Morgan fingerprint density at radius 3 is 2.81 bits per heavy atom. The Morgan fingerprint density at radius 2 is 2.25 bits per heavy atom. The van der Waals surface area contributed by atoms with E-state index in [-0.39, 0.29) is 18.3 Å². The minimum Gasteiger partial charge on any atom is -0.484 e. The summed E-state index contributed by atoms with van der Waals surface area (Å²) in [5.41, 5.74) is 6.80. The molecular formula is C11H15N3O2. The van der Waals surface area contributed by atoms with Crippen LogP contribution in [0, 0.1) is 12.3 Å². The van der Waals surface area contributed by atoms with Gasteiger partial charge < -0.3 is 15.8 Å². The molecule has 0 bridgehead atoms. The number of anilines is 1. The van der Waals surface area contributed by atoms with Crippen molar-refractivity contribution in [3.63, 3.8) is 0 Å². The topological polar surface area (TPSA) is 88.2 Å². The number of hydrogen-bond donors (Lipinski definition) is 3. The largest absolute Gasteiger partial charge is 0.484 e. The molecule has 1 rings (SSSR count). The molecule has 0 atom stereocenters. The number of carbonyl (C=O) groups excluding carboxylic acids is 1. The number of benzene rings is 1. The molecule has 0 spiro atoms. The van der Waals surface area contributed by atoms with Gasteiger partial charge in [-0.25, -0.2) is 0 Å². The van der Waals surface area contributed by atoms with E-state index in [9.17, 15) is 4.79 Å². The maximum atomic E-state index is 11.0. The van der Waals surface area contributed by atoms with Gasteiger partial charge in [0.05, 0.1) is 5.69 Å². The van der Waals surface area contributed by atoms with Crippen LogP contribution in [0.3, 0.4) is 0 Å². The third kappa shape index (κ3) is 3.61. The van der Waals surface area contributed by atoms with Crippen LogP contribution in [0.25, 0.3) is 0 Å². The maximum Gasteiger partial charge on any atom is 0.221 e. The van der Waals surface area contributed by atoms with Crippen molar-refractivity contribution < 1.29 is 9.53 Å². The summed E-state index contributed by atoms with van der Waals surface area (Å²) in [5.74, 6) is 0.281. The predicted molar refractivity (Wildman–Crippen MR) is 62.9 cm³/mol.